The molecule has 0 spiro atoms. The number of rotatable bonds is 1. The van der Waals surface area contributed by atoms with Crippen LogP contribution in [-0.2, 0) is 0 Å². The Labute approximate surface area is 110 Å². The Morgan fingerprint density at radius 1 is 1.24 bits per heavy atom. The van der Waals surface area contributed by atoms with Gasteiger partial charge in [-0.05, 0) is 62.1 Å². The van der Waals surface area contributed by atoms with E-state index in [-0.39, 0.29) is 0 Å². The predicted octanol–water partition coefficient (Wildman–Crippen LogP) is 2.78. The average molecular weight is 252 g/mol. The molecule has 4 atom stereocenters. The molecular formula is C14H24N2S. The van der Waals surface area contributed by atoms with Gasteiger partial charge in [0.15, 0.2) is 5.11 Å². The van der Waals surface area contributed by atoms with Gasteiger partial charge in [0.05, 0.1) is 0 Å². The standard InChI is InChI=1S/C14H24N2S/c1-10-3-2-6-16(9-10)14(17)15-13-8-11-4-5-12(13)7-11/h10-13H,2-9H2,1H3,(H,15,17)/t10-,11+,12+,13+/m0/s1. The molecule has 0 aromatic carbocycles. The Kier molecular flexibility index (Phi) is 3.29. The molecule has 1 saturated heterocycles. The van der Waals surface area contributed by atoms with E-state index in [0.717, 1.165) is 36.0 Å². The molecule has 3 rings (SSSR count). The molecule has 2 saturated carbocycles. The Morgan fingerprint density at radius 2 is 2.12 bits per heavy atom. The van der Waals surface area contributed by atoms with Crippen molar-refractivity contribution in [2.45, 2.75) is 51.5 Å². The van der Waals surface area contributed by atoms with Crippen LogP contribution in [0, 0.1) is 17.8 Å². The third-order valence-electron chi connectivity index (χ3n) is 4.99. The van der Waals surface area contributed by atoms with Crippen molar-refractivity contribution in [3.05, 3.63) is 0 Å². The van der Waals surface area contributed by atoms with Crippen LogP contribution in [0.3, 0.4) is 0 Å². The molecule has 2 nitrogen and oxygen atoms in total. The van der Waals surface area contributed by atoms with Gasteiger partial charge in [0.1, 0.15) is 0 Å². The lowest BCUT2D eigenvalue weighted by molar-refractivity contribution is 0.263. The fourth-order valence-electron chi connectivity index (χ4n) is 4.05. The SMILES string of the molecule is C[C@H]1CCCN(C(=S)N[C@@H]2C[C@@H]3CC[C@@H]2C3)C1. The van der Waals surface area contributed by atoms with Gasteiger partial charge in [0, 0.05) is 19.1 Å². The minimum absolute atomic E-state index is 0.693. The summed E-state index contributed by atoms with van der Waals surface area (Å²) in [5.74, 6) is 2.73. The minimum atomic E-state index is 0.693. The lowest BCUT2D eigenvalue weighted by Gasteiger charge is -2.35. The van der Waals surface area contributed by atoms with Gasteiger partial charge in [-0.1, -0.05) is 13.3 Å². The molecule has 3 aliphatic rings. The third-order valence-corrected chi connectivity index (χ3v) is 5.37. The van der Waals surface area contributed by atoms with Crippen molar-refractivity contribution in [3.63, 3.8) is 0 Å². The molecule has 2 aliphatic carbocycles. The number of nitrogens with one attached hydrogen (secondary N) is 1. The Balaban J connectivity index is 1.53. The number of fused-ring (bicyclic) bond motifs is 2. The fourth-order valence-corrected chi connectivity index (χ4v) is 4.36. The van der Waals surface area contributed by atoms with E-state index in [1.807, 2.05) is 0 Å². The Morgan fingerprint density at radius 3 is 2.76 bits per heavy atom. The third kappa shape index (κ3) is 2.44. The van der Waals surface area contributed by atoms with E-state index in [1.165, 1.54) is 38.5 Å². The fraction of sp³-hybridized carbons (Fsp3) is 0.929. The number of likely N-dealkylation sites (tertiary alicyclic amines) is 1. The zero-order chi connectivity index (χ0) is 11.8. The van der Waals surface area contributed by atoms with Crippen molar-refractivity contribution in [1.82, 2.24) is 10.2 Å². The summed E-state index contributed by atoms with van der Waals surface area (Å²) in [5, 5.41) is 4.69. The first-order valence-corrected chi connectivity index (χ1v) is 7.68. The summed E-state index contributed by atoms with van der Waals surface area (Å²) in [7, 11) is 0. The molecular weight excluding hydrogens is 228 g/mol. The smallest absolute Gasteiger partial charge is 0.169 e. The summed E-state index contributed by atoms with van der Waals surface area (Å²) in [6.07, 6.45) is 8.40. The number of hydrogen-bond acceptors (Lipinski definition) is 1. The van der Waals surface area contributed by atoms with Crippen LogP contribution in [0.15, 0.2) is 0 Å². The van der Waals surface area contributed by atoms with Gasteiger partial charge in [0.25, 0.3) is 0 Å². The molecule has 3 heteroatoms. The molecule has 1 aliphatic heterocycles. The minimum Gasteiger partial charge on any atom is -0.360 e. The largest absolute Gasteiger partial charge is 0.360 e. The van der Waals surface area contributed by atoms with Gasteiger partial charge in [-0.25, -0.2) is 0 Å². The molecule has 17 heavy (non-hydrogen) atoms. The molecule has 0 aromatic heterocycles. The number of thiocarbonyl (C=S) groups is 1. The highest BCUT2D eigenvalue weighted by atomic mass is 32.1. The molecule has 96 valence electrons. The first kappa shape index (κ1) is 11.8. The molecule has 0 unspecified atom stereocenters. The summed E-state index contributed by atoms with van der Waals surface area (Å²) in [5.41, 5.74) is 0. The Bertz CT molecular complexity index is 305. The highest BCUT2D eigenvalue weighted by Crippen LogP contribution is 2.44. The van der Waals surface area contributed by atoms with Crippen LogP contribution in [0.2, 0.25) is 0 Å². The quantitative estimate of drug-likeness (QED) is 0.723. The van der Waals surface area contributed by atoms with Crippen molar-refractivity contribution in [1.29, 1.82) is 0 Å². The van der Waals surface area contributed by atoms with Gasteiger partial charge in [-0.2, -0.15) is 0 Å². The van der Waals surface area contributed by atoms with Crippen molar-refractivity contribution in [2.24, 2.45) is 17.8 Å². The summed E-state index contributed by atoms with van der Waals surface area (Å²) < 4.78 is 0. The van der Waals surface area contributed by atoms with Crippen LogP contribution < -0.4 is 5.32 Å². The molecule has 0 amide bonds. The normalized spacial score (nSPS) is 40.6. The zero-order valence-corrected chi connectivity index (χ0v) is 11.6. The van der Waals surface area contributed by atoms with Crippen LogP contribution in [-0.4, -0.2) is 29.1 Å². The maximum absolute atomic E-state index is 5.59. The van der Waals surface area contributed by atoms with Crippen molar-refractivity contribution >= 4 is 17.3 Å². The second kappa shape index (κ2) is 4.75. The first-order chi connectivity index (χ1) is 8.22. The van der Waals surface area contributed by atoms with E-state index in [9.17, 15) is 0 Å². The van der Waals surface area contributed by atoms with E-state index < -0.39 is 0 Å². The van der Waals surface area contributed by atoms with E-state index in [4.69, 9.17) is 12.2 Å². The van der Waals surface area contributed by atoms with Crippen molar-refractivity contribution in [3.8, 4) is 0 Å². The molecule has 3 fully saturated rings. The highest BCUT2D eigenvalue weighted by molar-refractivity contribution is 7.80. The summed E-state index contributed by atoms with van der Waals surface area (Å²) >= 11 is 5.59. The van der Waals surface area contributed by atoms with Gasteiger partial charge < -0.3 is 10.2 Å². The molecule has 0 aromatic rings. The molecule has 1 N–H and O–H groups in total. The summed E-state index contributed by atoms with van der Waals surface area (Å²) in [4.78, 5) is 2.40. The monoisotopic (exact) mass is 252 g/mol. The van der Waals surface area contributed by atoms with E-state index >= 15 is 0 Å². The van der Waals surface area contributed by atoms with Gasteiger partial charge in [-0.15, -0.1) is 0 Å². The van der Waals surface area contributed by atoms with Gasteiger partial charge in [0.2, 0.25) is 0 Å². The second-order valence-electron chi connectivity index (χ2n) is 6.42. The predicted molar refractivity (Wildman–Crippen MR) is 74.9 cm³/mol. The second-order valence-corrected chi connectivity index (χ2v) is 6.81. The molecule has 2 bridgehead atoms. The summed E-state index contributed by atoms with van der Waals surface area (Å²) in [6.45, 7) is 4.66. The molecule has 1 heterocycles. The number of hydrogen-bond donors (Lipinski definition) is 1. The average Bonchev–Trinajstić information content (AvgIpc) is 2.91. The topological polar surface area (TPSA) is 15.3 Å². The van der Waals surface area contributed by atoms with Crippen molar-refractivity contribution < 1.29 is 0 Å². The maximum atomic E-state index is 5.59. The van der Waals surface area contributed by atoms with Crippen LogP contribution in [0.4, 0.5) is 0 Å². The van der Waals surface area contributed by atoms with E-state index in [1.54, 1.807) is 0 Å². The maximum Gasteiger partial charge on any atom is 0.169 e. The van der Waals surface area contributed by atoms with Crippen LogP contribution in [0.5, 0.6) is 0 Å². The van der Waals surface area contributed by atoms with Crippen LogP contribution in [0.1, 0.15) is 45.4 Å². The lowest BCUT2D eigenvalue weighted by Crippen LogP contribution is -2.49. The first-order valence-electron chi connectivity index (χ1n) is 7.28. The number of nitrogens with zero attached hydrogens (tertiary/aromatic N) is 1. The zero-order valence-electron chi connectivity index (χ0n) is 10.8. The van der Waals surface area contributed by atoms with Crippen LogP contribution >= 0.6 is 12.2 Å². The lowest BCUT2D eigenvalue weighted by atomic mass is 9.95. The highest BCUT2D eigenvalue weighted by Gasteiger charge is 2.40. The molecule has 0 radical (unpaired) electrons. The van der Waals surface area contributed by atoms with Gasteiger partial charge >= 0.3 is 0 Å². The van der Waals surface area contributed by atoms with Crippen molar-refractivity contribution in [2.75, 3.05) is 13.1 Å². The Hall–Kier alpha value is -0.310. The number of piperidine rings is 1. The van der Waals surface area contributed by atoms with Crippen LogP contribution in [0.25, 0.3) is 0 Å². The van der Waals surface area contributed by atoms with Gasteiger partial charge in [-0.3, -0.25) is 0 Å². The summed E-state index contributed by atoms with van der Waals surface area (Å²) in [6, 6.07) is 0.693. The van der Waals surface area contributed by atoms with E-state index in [2.05, 4.69) is 17.1 Å². The van der Waals surface area contributed by atoms with E-state index in [0.29, 0.717) is 6.04 Å².